The fourth-order valence-electron chi connectivity index (χ4n) is 2.81. The second kappa shape index (κ2) is 7.00. The Morgan fingerprint density at radius 3 is 2.62 bits per heavy atom. The molecule has 1 aliphatic heterocycles. The lowest BCUT2D eigenvalue weighted by atomic mass is 10.1. The van der Waals surface area contributed by atoms with Gasteiger partial charge in [0.25, 0.3) is 0 Å². The summed E-state index contributed by atoms with van der Waals surface area (Å²) in [6.45, 7) is 5.77. The van der Waals surface area contributed by atoms with Gasteiger partial charge in [-0.05, 0) is 51.3 Å². The highest BCUT2D eigenvalue weighted by Crippen LogP contribution is 2.27. The van der Waals surface area contributed by atoms with E-state index in [1.165, 1.54) is 12.1 Å². The number of carbonyl (C=O) groups is 1. The van der Waals surface area contributed by atoms with E-state index in [1.54, 1.807) is 31.7 Å². The monoisotopic (exact) mass is 375 g/mol. The Bertz CT molecular complexity index is 728. The Morgan fingerprint density at radius 1 is 1.38 bits per heavy atom. The molecule has 1 aliphatic rings. The van der Waals surface area contributed by atoms with Crippen molar-refractivity contribution in [3.63, 3.8) is 0 Å². The van der Waals surface area contributed by atoms with Crippen LogP contribution in [0.15, 0.2) is 18.2 Å². The van der Waals surface area contributed by atoms with Gasteiger partial charge in [-0.2, -0.15) is 0 Å². The van der Waals surface area contributed by atoms with Gasteiger partial charge < -0.3 is 4.90 Å². The number of sulfone groups is 1. The minimum absolute atomic E-state index is 0.0393. The van der Waals surface area contributed by atoms with Crippen LogP contribution in [-0.2, 0) is 21.1 Å². The predicted octanol–water partition coefficient (Wildman–Crippen LogP) is 3.23. The third kappa shape index (κ3) is 4.09. The van der Waals surface area contributed by atoms with E-state index in [9.17, 15) is 17.6 Å². The number of rotatable bonds is 4. The second-order valence-electron chi connectivity index (χ2n) is 7.16. The molecule has 134 valence electrons. The van der Waals surface area contributed by atoms with Gasteiger partial charge in [0.15, 0.2) is 9.84 Å². The Morgan fingerprint density at radius 2 is 2.04 bits per heavy atom. The molecule has 0 aromatic heterocycles. The summed E-state index contributed by atoms with van der Waals surface area (Å²) in [6.07, 6.45) is 1.18. The fraction of sp³-hybridized carbons (Fsp3) is 0.588. The zero-order valence-electron chi connectivity index (χ0n) is 14.2. The number of nitrogens with zero attached hydrogens (tertiary/aromatic N) is 1. The molecular weight excluding hydrogens is 353 g/mol. The van der Waals surface area contributed by atoms with Crippen LogP contribution < -0.4 is 0 Å². The molecule has 0 N–H and O–H groups in total. The molecule has 0 spiro atoms. The summed E-state index contributed by atoms with van der Waals surface area (Å²) >= 11 is 5.73. The molecule has 1 fully saturated rings. The summed E-state index contributed by atoms with van der Waals surface area (Å²) in [7, 11) is -3.27. The van der Waals surface area contributed by atoms with E-state index < -0.39 is 25.7 Å². The topological polar surface area (TPSA) is 54.5 Å². The lowest BCUT2D eigenvalue weighted by Crippen LogP contribution is -2.39. The maximum absolute atomic E-state index is 13.1. The van der Waals surface area contributed by atoms with Crippen LogP contribution in [0, 0.1) is 5.82 Å². The standard InChI is InChI=1S/C17H23ClFNO3S/c1-17(2,3)24(22,23)13-8-9-20(11-13)16(21)7-5-12-4-6-15(19)14(18)10-12/h4,6,10,13H,5,7-9,11H2,1-3H3/t13-/m1/s1. The summed E-state index contributed by atoms with van der Waals surface area (Å²) in [6, 6.07) is 4.40. The molecule has 0 unspecified atom stereocenters. The van der Waals surface area contributed by atoms with E-state index in [4.69, 9.17) is 11.6 Å². The number of hydrogen-bond acceptors (Lipinski definition) is 3. The fourth-order valence-corrected chi connectivity index (χ4v) is 4.81. The molecule has 0 saturated carbocycles. The van der Waals surface area contributed by atoms with Gasteiger partial charge in [0.2, 0.25) is 5.91 Å². The van der Waals surface area contributed by atoms with Crippen molar-refractivity contribution in [1.82, 2.24) is 4.90 Å². The predicted molar refractivity (Wildman–Crippen MR) is 93.4 cm³/mol. The number of likely N-dealkylation sites (tertiary alicyclic amines) is 1. The van der Waals surface area contributed by atoms with Gasteiger partial charge in [-0.3, -0.25) is 4.79 Å². The second-order valence-corrected chi connectivity index (χ2v) is 10.5. The highest BCUT2D eigenvalue weighted by molar-refractivity contribution is 7.93. The Balaban J connectivity index is 1.94. The van der Waals surface area contributed by atoms with Crippen molar-refractivity contribution in [2.45, 2.75) is 50.0 Å². The van der Waals surface area contributed by atoms with Crippen molar-refractivity contribution in [2.24, 2.45) is 0 Å². The average molecular weight is 376 g/mol. The van der Waals surface area contributed by atoms with Crippen LogP contribution in [0.1, 0.15) is 39.2 Å². The SMILES string of the molecule is CC(C)(C)S(=O)(=O)[C@@H]1CCN(C(=O)CCc2ccc(F)c(Cl)c2)C1. The maximum Gasteiger partial charge on any atom is 0.222 e. The Kier molecular flexibility index (Phi) is 5.60. The van der Waals surface area contributed by atoms with E-state index in [1.807, 2.05) is 0 Å². The first-order valence-corrected chi connectivity index (χ1v) is 9.90. The summed E-state index contributed by atoms with van der Waals surface area (Å²) in [5.41, 5.74) is 0.785. The smallest absolute Gasteiger partial charge is 0.222 e. The number of aryl methyl sites for hydroxylation is 1. The van der Waals surface area contributed by atoms with Crippen molar-refractivity contribution in [3.05, 3.63) is 34.6 Å². The van der Waals surface area contributed by atoms with Crippen molar-refractivity contribution in [3.8, 4) is 0 Å². The van der Waals surface area contributed by atoms with E-state index in [-0.39, 0.29) is 23.9 Å². The van der Waals surface area contributed by atoms with Crippen LogP contribution in [0.25, 0.3) is 0 Å². The Labute approximate surface area is 147 Å². The van der Waals surface area contributed by atoms with Crippen LogP contribution in [-0.4, -0.2) is 42.3 Å². The first-order chi connectivity index (χ1) is 11.0. The Hall–Kier alpha value is -1.14. The molecule has 24 heavy (non-hydrogen) atoms. The van der Waals surface area contributed by atoms with Crippen LogP contribution in [0.2, 0.25) is 5.02 Å². The number of amides is 1. The molecule has 1 aromatic rings. The largest absolute Gasteiger partial charge is 0.341 e. The van der Waals surface area contributed by atoms with Crippen molar-refractivity contribution < 1.29 is 17.6 Å². The summed E-state index contributed by atoms with van der Waals surface area (Å²) in [5.74, 6) is -0.566. The van der Waals surface area contributed by atoms with E-state index in [0.717, 1.165) is 5.56 Å². The van der Waals surface area contributed by atoms with Crippen molar-refractivity contribution in [1.29, 1.82) is 0 Å². The first kappa shape index (κ1) is 19.2. The van der Waals surface area contributed by atoms with Gasteiger partial charge in [-0.15, -0.1) is 0 Å². The molecule has 1 atom stereocenters. The van der Waals surface area contributed by atoms with E-state index >= 15 is 0 Å². The van der Waals surface area contributed by atoms with Gasteiger partial charge >= 0.3 is 0 Å². The van der Waals surface area contributed by atoms with Gasteiger partial charge in [0.1, 0.15) is 5.82 Å². The highest BCUT2D eigenvalue weighted by Gasteiger charge is 2.41. The zero-order chi connectivity index (χ0) is 18.1. The highest BCUT2D eigenvalue weighted by atomic mass is 35.5. The zero-order valence-corrected chi connectivity index (χ0v) is 15.8. The van der Waals surface area contributed by atoms with Crippen molar-refractivity contribution in [2.75, 3.05) is 13.1 Å². The van der Waals surface area contributed by atoms with Gasteiger partial charge in [-0.25, -0.2) is 12.8 Å². The summed E-state index contributed by atoms with van der Waals surface area (Å²) in [5, 5.41) is -0.459. The third-order valence-electron chi connectivity index (χ3n) is 4.40. The molecule has 1 saturated heterocycles. The molecule has 4 nitrogen and oxygen atoms in total. The number of hydrogen-bond donors (Lipinski definition) is 0. The molecule has 2 rings (SSSR count). The van der Waals surface area contributed by atoms with Gasteiger partial charge in [0.05, 0.1) is 15.0 Å². The molecule has 1 aromatic carbocycles. The molecule has 0 bridgehead atoms. The van der Waals surface area contributed by atoms with Crippen molar-refractivity contribution >= 4 is 27.3 Å². The minimum Gasteiger partial charge on any atom is -0.341 e. The van der Waals surface area contributed by atoms with Crippen LogP contribution in [0.5, 0.6) is 0 Å². The molecule has 1 heterocycles. The number of carbonyl (C=O) groups excluding carboxylic acids is 1. The summed E-state index contributed by atoms with van der Waals surface area (Å²) < 4.78 is 37.3. The molecule has 0 radical (unpaired) electrons. The minimum atomic E-state index is -3.27. The maximum atomic E-state index is 13.1. The third-order valence-corrected chi connectivity index (χ3v) is 7.66. The average Bonchev–Trinajstić information content (AvgIpc) is 2.97. The van der Waals surface area contributed by atoms with E-state index in [2.05, 4.69) is 0 Å². The lowest BCUT2D eigenvalue weighted by Gasteiger charge is -2.24. The van der Waals surface area contributed by atoms with Crippen LogP contribution >= 0.6 is 11.6 Å². The molecule has 7 heteroatoms. The molecule has 1 amide bonds. The lowest BCUT2D eigenvalue weighted by molar-refractivity contribution is -0.130. The quantitative estimate of drug-likeness (QED) is 0.811. The van der Waals surface area contributed by atoms with Gasteiger partial charge in [0, 0.05) is 19.5 Å². The first-order valence-electron chi connectivity index (χ1n) is 7.97. The normalized spacial score (nSPS) is 18.9. The van der Waals surface area contributed by atoms with E-state index in [0.29, 0.717) is 19.4 Å². The van der Waals surface area contributed by atoms with Crippen LogP contribution in [0.3, 0.4) is 0 Å². The number of benzene rings is 1. The van der Waals surface area contributed by atoms with Gasteiger partial charge in [-0.1, -0.05) is 17.7 Å². The molecular formula is C17H23ClFNO3S. The van der Waals surface area contributed by atoms with Crippen LogP contribution in [0.4, 0.5) is 4.39 Å². The number of halogens is 2. The molecule has 0 aliphatic carbocycles. The summed E-state index contributed by atoms with van der Waals surface area (Å²) in [4.78, 5) is 13.9.